The van der Waals surface area contributed by atoms with E-state index in [-0.39, 0.29) is 6.10 Å². The molecule has 0 amide bonds. The number of aromatic nitrogens is 1. The van der Waals surface area contributed by atoms with Crippen LogP contribution in [0.5, 0.6) is 0 Å². The third-order valence-electron chi connectivity index (χ3n) is 3.48. The Kier molecular flexibility index (Phi) is 3.60. The summed E-state index contributed by atoms with van der Waals surface area (Å²) in [5, 5.41) is 18.6. The number of aliphatic hydroxyl groups excluding tert-OH is 1. The number of hydrogen-bond acceptors (Lipinski definition) is 4. The van der Waals surface area contributed by atoms with E-state index in [1.54, 1.807) is 18.5 Å². The predicted molar refractivity (Wildman–Crippen MR) is 65.6 cm³/mol. The maximum atomic E-state index is 9.55. The zero-order valence-electron chi connectivity index (χ0n) is 10.0. The Morgan fingerprint density at radius 1 is 1.53 bits per heavy atom. The Balaban J connectivity index is 2.08. The highest BCUT2D eigenvalue weighted by molar-refractivity contribution is 5.57. The quantitative estimate of drug-likeness (QED) is 0.839. The lowest BCUT2D eigenvalue weighted by molar-refractivity contribution is 0.110. The molecular formula is C13H17N3O. The van der Waals surface area contributed by atoms with Crippen LogP contribution in [0.25, 0.3) is 0 Å². The van der Waals surface area contributed by atoms with Gasteiger partial charge in [-0.05, 0) is 31.7 Å². The van der Waals surface area contributed by atoms with Crippen molar-refractivity contribution in [3.8, 4) is 6.07 Å². The molecule has 1 aliphatic rings. The molecule has 1 aliphatic heterocycles. The molecule has 1 aromatic heterocycles. The summed E-state index contributed by atoms with van der Waals surface area (Å²) in [7, 11) is 0. The van der Waals surface area contributed by atoms with Crippen molar-refractivity contribution < 1.29 is 5.11 Å². The van der Waals surface area contributed by atoms with E-state index in [1.165, 1.54) is 0 Å². The lowest BCUT2D eigenvalue weighted by Gasteiger charge is -2.34. The SMILES string of the molecule is CC(O)C1CCN(c2cnccc2C#N)CC1. The minimum absolute atomic E-state index is 0.235. The second-order valence-corrected chi connectivity index (χ2v) is 4.57. The molecule has 1 aromatic rings. The van der Waals surface area contributed by atoms with Crippen molar-refractivity contribution in [1.82, 2.24) is 4.98 Å². The van der Waals surface area contributed by atoms with Gasteiger partial charge in [0.05, 0.1) is 23.6 Å². The zero-order chi connectivity index (χ0) is 12.3. The Hall–Kier alpha value is -1.60. The van der Waals surface area contributed by atoms with Crippen LogP contribution in [-0.4, -0.2) is 29.3 Å². The van der Waals surface area contributed by atoms with Crippen LogP contribution in [-0.2, 0) is 0 Å². The first kappa shape index (κ1) is 11.9. The highest BCUT2D eigenvalue weighted by atomic mass is 16.3. The lowest BCUT2D eigenvalue weighted by atomic mass is 9.92. The van der Waals surface area contributed by atoms with E-state index in [4.69, 9.17) is 5.26 Å². The molecule has 0 aromatic carbocycles. The predicted octanol–water partition coefficient (Wildman–Crippen LogP) is 1.55. The van der Waals surface area contributed by atoms with Crippen molar-refractivity contribution in [2.45, 2.75) is 25.9 Å². The molecule has 4 nitrogen and oxygen atoms in total. The third kappa shape index (κ3) is 2.56. The van der Waals surface area contributed by atoms with E-state index in [1.807, 2.05) is 6.92 Å². The summed E-state index contributed by atoms with van der Waals surface area (Å²) in [6.07, 6.45) is 5.10. The number of rotatable bonds is 2. The van der Waals surface area contributed by atoms with Crippen molar-refractivity contribution in [3.05, 3.63) is 24.0 Å². The van der Waals surface area contributed by atoms with Gasteiger partial charge in [0.15, 0.2) is 0 Å². The van der Waals surface area contributed by atoms with E-state index in [2.05, 4.69) is 16.0 Å². The van der Waals surface area contributed by atoms with Gasteiger partial charge in [-0.3, -0.25) is 4.98 Å². The van der Waals surface area contributed by atoms with E-state index in [9.17, 15) is 5.11 Å². The highest BCUT2D eigenvalue weighted by Gasteiger charge is 2.23. The molecule has 90 valence electrons. The molecule has 17 heavy (non-hydrogen) atoms. The van der Waals surface area contributed by atoms with Crippen molar-refractivity contribution in [1.29, 1.82) is 5.26 Å². The normalized spacial score (nSPS) is 18.8. The minimum atomic E-state index is -0.235. The molecular weight excluding hydrogens is 214 g/mol. The Morgan fingerprint density at radius 2 is 2.24 bits per heavy atom. The average molecular weight is 231 g/mol. The standard InChI is InChI=1S/C13H17N3O/c1-10(17)11-3-6-16(7-4-11)13-9-15-5-2-12(13)8-14/h2,5,9-11,17H,3-4,6-7H2,1H3. The molecule has 0 bridgehead atoms. The Labute approximate surface area is 102 Å². The fourth-order valence-electron chi connectivity index (χ4n) is 2.36. The summed E-state index contributed by atoms with van der Waals surface area (Å²) in [4.78, 5) is 6.27. The highest BCUT2D eigenvalue weighted by Crippen LogP contribution is 2.26. The molecule has 0 spiro atoms. The van der Waals surface area contributed by atoms with Gasteiger partial charge in [-0.25, -0.2) is 0 Å². The van der Waals surface area contributed by atoms with Gasteiger partial charge < -0.3 is 10.0 Å². The number of nitriles is 1. The van der Waals surface area contributed by atoms with Crippen LogP contribution in [0, 0.1) is 17.2 Å². The van der Waals surface area contributed by atoms with Crippen molar-refractivity contribution in [2.24, 2.45) is 5.92 Å². The van der Waals surface area contributed by atoms with Gasteiger partial charge in [0.25, 0.3) is 0 Å². The van der Waals surface area contributed by atoms with Crippen LogP contribution < -0.4 is 4.90 Å². The van der Waals surface area contributed by atoms with Crippen molar-refractivity contribution >= 4 is 5.69 Å². The maximum absolute atomic E-state index is 9.55. The average Bonchev–Trinajstić information content (AvgIpc) is 2.39. The number of pyridine rings is 1. The molecule has 0 aliphatic carbocycles. The van der Waals surface area contributed by atoms with Crippen LogP contribution in [0.3, 0.4) is 0 Å². The lowest BCUT2D eigenvalue weighted by Crippen LogP contribution is -2.37. The molecule has 1 N–H and O–H groups in total. The molecule has 1 atom stereocenters. The van der Waals surface area contributed by atoms with E-state index >= 15 is 0 Å². The summed E-state index contributed by atoms with van der Waals surface area (Å²) >= 11 is 0. The molecule has 1 unspecified atom stereocenters. The summed E-state index contributed by atoms with van der Waals surface area (Å²) in [5.74, 6) is 0.383. The van der Waals surface area contributed by atoms with Crippen LogP contribution in [0.4, 0.5) is 5.69 Å². The molecule has 1 saturated heterocycles. The smallest absolute Gasteiger partial charge is 0.101 e. The van der Waals surface area contributed by atoms with E-state index < -0.39 is 0 Å². The topological polar surface area (TPSA) is 60.1 Å². The molecule has 0 saturated carbocycles. The molecule has 4 heteroatoms. The number of nitrogens with zero attached hydrogens (tertiary/aromatic N) is 3. The number of aliphatic hydroxyl groups is 1. The van der Waals surface area contributed by atoms with Crippen molar-refractivity contribution in [2.75, 3.05) is 18.0 Å². The summed E-state index contributed by atoms with van der Waals surface area (Å²) in [6.45, 7) is 3.62. The largest absolute Gasteiger partial charge is 0.393 e. The fourth-order valence-corrected chi connectivity index (χ4v) is 2.36. The van der Waals surface area contributed by atoms with Crippen LogP contribution in [0.15, 0.2) is 18.5 Å². The maximum Gasteiger partial charge on any atom is 0.101 e. The fraction of sp³-hybridized carbons (Fsp3) is 0.538. The third-order valence-corrected chi connectivity index (χ3v) is 3.48. The second-order valence-electron chi connectivity index (χ2n) is 4.57. The number of anilines is 1. The van der Waals surface area contributed by atoms with Crippen molar-refractivity contribution in [3.63, 3.8) is 0 Å². The summed E-state index contributed by atoms with van der Waals surface area (Å²) < 4.78 is 0. The molecule has 2 rings (SSSR count). The van der Waals surface area contributed by atoms with Gasteiger partial charge in [-0.15, -0.1) is 0 Å². The monoisotopic (exact) mass is 231 g/mol. The molecule has 2 heterocycles. The first-order valence-electron chi connectivity index (χ1n) is 5.99. The Morgan fingerprint density at radius 3 is 2.82 bits per heavy atom. The second kappa shape index (κ2) is 5.15. The van der Waals surface area contributed by atoms with E-state index in [0.29, 0.717) is 11.5 Å². The van der Waals surface area contributed by atoms with Gasteiger partial charge in [-0.2, -0.15) is 5.26 Å². The first-order valence-corrected chi connectivity index (χ1v) is 5.99. The summed E-state index contributed by atoms with van der Waals surface area (Å²) in [6, 6.07) is 3.94. The van der Waals surface area contributed by atoms with Crippen LogP contribution >= 0.6 is 0 Å². The summed E-state index contributed by atoms with van der Waals surface area (Å²) in [5.41, 5.74) is 1.59. The van der Waals surface area contributed by atoms with Crippen LogP contribution in [0.2, 0.25) is 0 Å². The number of hydrogen-bond donors (Lipinski definition) is 1. The number of piperidine rings is 1. The first-order chi connectivity index (χ1) is 8.22. The zero-order valence-corrected chi connectivity index (χ0v) is 10.0. The van der Waals surface area contributed by atoms with Gasteiger partial charge >= 0.3 is 0 Å². The van der Waals surface area contributed by atoms with E-state index in [0.717, 1.165) is 31.6 Å². The van der Waals surface area contributed by atoms with Gasteiger partial charge in [-0.1, -0.05) is 0 Å². The molecule has 1 fully saturated rings. The van der Waals surface area contributed by atoms with Gasteiger partial charge in [0.1, 0.15) is 6.07 Å². The Bertz CT molecular complexity index is 417. The van der Waals surface area contributed by atoms with Gasteiger partial charge in [0, 0.05) is 19.3 Å². The van der Waals surface area contributed by atoms with Gasteiger partial charge in [0.2, 0.25) is 0 Å². The minimum Gasteiger partial charge on any atom is -0.393 e. The van der Waals surface area contributed by atoms with Crippen LogP contribution in [0.1, 0.15) is 25.3 Å². The molecule has 0 radical (unpaired) electrons.